The molecule has 0 aliphatic carbocycles. The van der Waals surface area contributed by atoms with Crippen molar-refractivity contribution in [3.8, 4) is 0 Å². The third-order valence-corrected chi connectivity index (χ3v) is 4.28. The zero-order chi connectivity index (χ0) is 14.3. The lowest BCUT2D eigenvalue weighted by atomic mass is 9.88. The molecule has 1 aromatic rings. The average molecular weight is 276 g/mol. The first kappa shape index (κ1) is 15.5. The van der Waals surface area contributed by atoms with Crippen molar-refractivity contribution in [1.82, 2.24) is 0 Å². The number of hydrogen-bond donors (Lipinski definition) is 1. The molecule has 2 nitrogen and oxygen atoms in total. The summed E-state index contributed by atoms with van der Waals surface area (Å²) < 4.78 is 5.28. The molecule has 1 fully saturated rings. The molecular formula is C18H28O2. The largest absolute Gasteiger partial charge is 0.363 e. The van der Waals surface area contributed by atoms with E-state index < -0.39 is 5.79 Å². The minimum absolute atomic E-state index is 0.138. The molecule has 2 atom stereocenters. The van der Waals surface area contributed by atoms with Crippen molar-refractivity contribution in [2.75, 3.05) is 6.61 Å². The van der Waals surface area contributed by atoms with Crippen LogP contribution in [0.3, 0.4) is 0 Å². The van der Waals surface area contributed by atoms with Crippen LogP contribution in [0, 0.1) is 0 Å². The molecule has 2 unspecified atom stereocenters. The number of benzene rings is 1. The molecule has 1 aliphatic heterocycles. The molecule has 20 heavy (non-hydrogen) atoms. The van der Waals surface area contributed by atoms with Crippen LogP contribution >= 0.6 is 0 Å². The topological polar surface area (TPSA) is 32.8 Å². The number of epoxide rings is 1. The van der Waals surface area contributed by atoms with Crippen molar-refractivity contribution < 1.29 is 9.84 Å². The van der Waals surface area contributed by atoms with Gasteiger partial charge in [0.2, 0.25) is 0 Å². The Hall–Kier alpha value is -0.860. The van der Waals surface area contributed by atoms with Crippen molar-refractivity contribution in [2.45, 2.75) is 70.0 Å². The summed E-state index contributed by atoms with van der Waals surface area (Å²) in [6, 6.07) is 10.3. The Morgan fingerprint density at radius 2 is 1.65 bits per heavy atom. The molecule has 1 aliphatic rings. The first-order valence-electron chi connectivity index (χ1n) is 8.17. The average Bonchev–Trinajstić information content (AvgIpc) is 3.21. The zero-order valence-electron chi connectivity index (χ0n) is 12.7. The maximum Gasteiger partial charge on any atom is 0.196 e. The Labute approximate surface area is 123 Å². The van der Waals surface area contributed by atoms with Gasteiger partial charge in [-0.15, -0.1) is 0 Å². The highest BCUT2D eigenvalue weighted by Gasteiger charge is 2.50. The number of hydrogen-bond acceptors (Lipinski definition) is 2. The maximum atomic E-state index is 10.3. The molecule has 0 amide bonds. The van der Waals surface area contributed by atoms with Crippen LogP contribution in [0.5, 0.6) is 0 Å². The Bertz CT molecular complexity index is 370. The fraction of sp³-hybridized carbons (Fsp3) is 0.667. The lowest BCUT2D eigenvalue weighted by molar-refractivity contribution is 0.00741. The van der Waals surface area contributed by atoms with E-state index in [4.69, 9.17) is 4.74 Å². The predicted molar refractivity (Wildman–Crippen MR) is 82.7 cm³/mol. The van der Waals surface area contributed by atoms with Crippen molar-refractivity contribution in [1.29, 1.82) is 0 Å². The Morgan fingerprint density at radius 1 is 1.05 bits per heavy atom. The highest BCUT2D eigenvalue weighted by Crippen LogP contribution is 2.42. The second-order valence-electron chi connectivity index (χ2n) is 6.01. The van der Waals surface area contributed by atoms with Crippen LogP contribution < -0.4 is 0 Å². The first-order valence-corrected chi connectivity index (χ1v) is 8.17. The minimum Gasteiger partial charge on any atom is -0.363 e. The number of aliphatic hydroxyl groups is 1. The third kappa shape index (κ3) is 4.60. The molecule has 1 saturated heterocycles. The van der Waals surface area contributed by atoms with E-state index >= 15 is 0 Å². The van der Waals surface area contributed by atoms with Gasteiger partial charge in [-0.05, 0) is 12.0 Å². The lowest BCUT2D eigenvalue weighted by Gasteiger charge is -2.20. The Kier molecular flexibility index (Phi) is 6.06. The molecular weight excluding hydrogens is 248 g/mol. The Morgan fingerprint density at radius 3 is 2.25 bits per heavy atom. The van der Waals surface area contributed by atoms with Crippen LogP contribution in [0.1, 0.15) is 69.8 Å². The van der Waals surface area contributed by atoms with Gasteiger partial charge in [0.05, 0.1) is 0 Å². The molecule has 1 heterocycles. The molecule has 1 N–H and O–H groups in total. The molecule has 0 spiro atoms. The van der Waals surface area contributed by atoms with Gasteiger partial charge in [-0.2, -0.15) is 0 Å². The normalized spacial score (nSPS) is 22.7. The number of unbranched alkanes of at least 4 members (excludes halogenated alkanes) is 6. The van der Waals surface area contributed by atoms with Crippen LogP contribution in [0.15, 0.2) is 30.3 Å². The first-order chi connectivity index (χ1) is 9.76. The monoisotopic (exact) mass is 276 g/mol. The molecule has 0 radical (unpaired) electrons. The van der Waals surface area contributed by atoms with Crippen molar-refractivity contribution >= 4 is 0 Å². The van der Waals surface area contributed by atoms with Gasteiger partial charge in [-0.25, -0.2) is 0 Å². The molecule has 2 heteroatoms. The summed E-state index contributed by atoms with van der Waals surface area (Å²) in [4.78, 5) is 0. The van der Waals surface area contributed by atoms with Gasteiger partial charge in [0, 0.05) is 5.92 Å². The van der Waals surface area contributed by atoms with Crippen molar-refractivity contribution in [2.24, 2.45) is 0 Å². The Balaban J connectivity index is 1.73. The second kappa shape index (κ2) is 7.80. The highest BCUT2D eigenvalue weighted by molar-refractivity contribution is 5.23. The van der Waals surface area contributed by atoms with Gasteiger partial charge < -0.3 is 9.84 Å². The standard InChI is InChI=1S/C18H28O2/c1-2-3-4-5-6-7-11-14-17(18(19)15-20-18)16-12-9-8-10-13-16/h8-10,12-13,17,19H,2-7,11,14-15H2,1H3. The van der Waals surface area contributed by atoms with E-state index in [2.05, 4.69) is 19.1 Å². The highest BCUT2D eigenvalue weighted by atomic mass is 16.7. The fourth-order valence-electron chi connectivity index (χ4n) is 2.92. The smallest absolute Gasteiger partial charge is 0.196 e. The molecule has 0 aromatic heterocycles. The molecule has 1 aromatic carbocycles. The predicted octanol–water partition coefficient (Wildman–Crippen LogP) is 4.63. The quantitative estimate of drug-likeness (QED) is 0.499. The van der Waals surface area contributed by atoms with Crippen LogP contribution in [-0.2, 0) is 4.74 Å². The summed E-state index contributed by atoms with van der Waals surface area (Å²) >= 11 is 0. The molecule has 112 valence electrons. The van der Waals surface area contributed by atoms with E-state index in [-0.39, 0.29) is 5.92 Å². The SMILES string of the molecule is CCCCCCCCCC(c1ccccc1)C1(O)CO1. The van der Waals surface area contributed by atoms with Gasteiger partial charge in [0.25, 0.3) is 0 Å². The molecule has 2 rings (SSSR count). The van der Waals surface area contributed by atoms with E-state index in [0.29, 0.717) is 6.61 Å². The minimum atomic E-state index is -0.885. The number of rotatable bonds is 10. The summed E-state index contributed by atoms with van der Waals surface area (Å²) in [7, 11) is 0. The van der Waals surface area contributed by atoms with Crippen molar-refractivity contribution in [3.05, 3.63) is 35.9 Å². The van der Waals surface area contributed by atoms with Gasteiger partial charge in [-0.1, -0.05) is 82.2 Å². The van der Waals surface area contributed by atoms with E-state index in [1.165, 1.54) is 50.5 Å². The third-order valence-electron chi connectivity index (χ3n) is 4.28. The van der Waals surface area contributed by atoms with Gasteiger partial charge in [0.1, 0.15) is 6.61 Å². The van der Waals surface area contributed by atoms with Gasteiger partial charge in [0.15, 0.2) is 5.79 Å². The summed E-state index contributed by atoms with van der Waals surface area (Å²) in [6.45, 7) is 2.74. The van der Waals surface area contributed by atoms with Crippen molar-refractivity contribution in [3.63, 3.8) is 0 Å². The zero-order valence-corrected chi connectivity index (χ0v) is 12.7. The van der Waals surface area contributed by atoms with Crippen LogP contribution in [0.25, 0.3) is 0 Å². The van der Waals surface area contributed by atoms with Crippen LogP contribution in [-0.4, -0.2) is 17.5 Å². The van der Waals surface area contributed by atoms with Crippen LogP contribution in [0.2, 0.25) is 0 Å². The summed E-state index contributed by atoms with van der Waals surface area (Å²) in [5, 5.41) is 10.3. The fourth-order valence-corrected chi connectivity index (χ4v) is 2.92. The summed E-state index contributed by atoms with van der Waals surface area (Å²) in [5.41, 5.74) is 1.21. The van der Waals surface area contributed by atoms with E-state index in [1.54, 1.807) is 0 Å². The van der Waals surface area contributed by atoms with Gasteiger partial charge in [-0.3, -0.25) is 0 Å². The van der Waals surface area contributed by atoms with E-state index in [0.717, 1.165) is 6.42 Å². The lowest BCUT2D eigenvalue weighted by Crippen LogP contribution is -2.21. The summed E-state index contributed by atoms with van der Waals surface area (Å²) in [5.74, 6) is -0.747. The van der Waals surface area contributed by atoms with E-state index in [9.17, 15) is 5.11 Å². The molecule has 0 saturated carbocycles. The maximum absolute atomic E-state index is 10.3. The van der Waals surface area contributed by atoms with E-state index in [1.807, 2.05) is 18.2 Å². The van der Waals surface area contributed by atoms with Crippen LogP contribution in [0.4, 0.5) is 0 Å². The second-order valence-corrected chi connectivity index (χ2v) is 6.01. The molecule has 0 bridgehead atoms. The summed E-state index contributed by atoms with van der Waals surface area (Å²) in [6.07, 6.45) is 10.2. The number of ether oxygens (including phenoxy) is 1. The van der Waals surface area contributed by atoms with Gasteiger partial charge >= 0.3 is 0 Å².